The van der Waals surface area contributed by atoms with Gasteiger partial charge in [0, 0.05) is 24.6 Å². The summed E-state index contributed by atoms with van der Waals surface area (Å²) in [5.41, 5.74) is 0. The van der Waals surface area contributed by atoms with Crippen molar-refractivity contribution in [3.8, 4) is 0 Å². The van der Waals surface area contributed by atoms with Crippen LogP contribution in [-0.2, 0) is 9.59 Å². The Morgan fingerprint density at radius 3 is 2.33 bits per heavy atom. The Labute approximate surface area is 118 Å². The lowest BCUT2D eigenvalue weighted by molar-refractivity contribution is -0.144. The molecule has 0 rings (SSSR count). The summed E-state index contributed by atoms with van der Waals surface area (Å²) in [5, 5.41) is 20.1. The molecular weight excluding hydrogens is 278 g/mol. The third-order valence-electron chi connectivity index (χ3n) is 2.13. The normalized spacial score (nSPS) is 12.9. The highest BCUT2D eigenvalue weighted by Gasteiger charge is 2.19. The van der Waals surface area contributed by atoms with E-state index in [2.05, 4.69) is 17.9 Å². The van der Waals surface area contributed by atoms with Gasteiger partial charge in [-0.3, -0.25) is 9.59 Å². The Balaban J connectivity index is 0. The fourth-order valence-electron chi connectivity index (χ4n) is 0.847. The molecule has 0 aliphatic heterocycles. The van der Waals surface area contributed by atoms with Crippen LogP contribution in [0.2, 0.25) is 0 Å². The number of carboxylic acids is 1. The molecule has 0 radical (unpaired) electrons. The van der Waals surface area contributed by atoms with Crippen LogP contribution < -0.4 is 5.32 Å². The number of carbonyl (C=O) groups excluding carboxylic acids is 1. The molecule has 0 aromatic carbocycles. The number of hydrogen-bond acceptors (Lipinski definition) is 4. The molecule has 0 fully saturated rings. The van der Waals surface area contributed by atoms with Crippen LogP contribution in [0.4, 0.5) is 0 Å². The van der Waals surface area contributed by atoms with E-state index in [-0.39, 0.29) is 5.91 Å². The van der Waals surface area contributed by atoms with Gasteiger partial charge in [0.05, 0.1) is 12.0 Å². The van der Waals surface area contributed by atoms with Crippen molar-refractivity contribution in [3.63, 3.8) is 0 Å². The molecule has 1 amide bonds. The average Bonchev–Trinajstić information content (AvgIpc) is 2.35. The maximum absolute atomic E-state index is 10.4. The summed E-state index contributed by atoms with van der Waals surface area (Å²) < 4.78 is 0. The van der Waals surface area contributed by atoms with Crippen molar-refractivity contribution in [2.45, 2.75) is 32.8 Å². The van der Waals surface area contributed by atoms with Crippen molar-refractivity contribution >= 4 is 36.1 Å². The fourth-order valence-corrected chi connectivity index (χ4v) is 1.18. The van der Waals surface area contributed by atoms with Crippen molar-refractivity contribution in [2.24, 2.45) is 5.92 Å². The lowest BCUT2D eigenvalue weighted by atomic mass is 10.0. The highest BCUT2D eigenvalue weighted by molar-refractivity contribution is 7.80. The second kappa shape index (κ2) is 13.0. The Bertz CT molecular complexity index is 241. The van der Waals surface area contributed by atoms with Gasteiger partial charge in [-0.05, 0) is 13.3 Å². The maximum atomic E-state index is 10.4. The Kier molecular flexibility index (Phi) is 14.3. The van der Waals surface area contributed by atoms with E-state index in [9.17, 15) is 9.59 Å². The maximum Gasteiger partial charge on any atom is 0.308 e. The third-order valence-corrected chi connectivity index (χ3v) is 2.57. The van der Waals surface area contributed by atoms with E-state index in [1.54, 1.807) is 0 Å². The van der Waals surface area contributed by atoms with Crippen molar-refractivity contribution in [3.05, 3.63) is 0 Å². The van der Waals surface area contributed by atoms with Crippen LogP contribution in [-0.4, -0.2) is 46.4 Å². The van der Waals surface area contributed by atoms with Gasteiger partial charge in [0.2, 0.25) is 5.91 Å². The van der Waals surface area contributed by atoms with E-state index in [0.29, 0.717) is 31.0 Å². The van der Waals surface area contributed by atoms with Gasteiger partial charge in [-0.25, -0.2) is 0 Å². The van der Waals surface area contributed by atoms with Crippen molar-refractivity contribution < 1.29 is 19.8 Å². The van der Waals surface area contributed by atoms with E-state index in [1.165, 1.54) is 6.92 Å². The smallest absolute Gasteiger partial charge is 0.308 e. The van der Waals surface area contributed by atoms with Gasteiger partial charge in [-0.2, -0.15) is 12.6 Å². The summed E-state index contributed by atoms with van der Waals surface area (Å²) in [5.74, 6) is -0.611. The minimum absolute atomic E-state index is 0.0963. The highest BCUT2D eigenvalue weighted by Crippen LogP contribution is 2.07. The minimum atomic E-state index is -0.988. The number of aliphatic hydroxyl groups excluding tert-OH is 1. The van der Waals surface area contributed by atoms with Gasteiger partial charge in [0.1, 0.15) is 0 Å². The number of aliphatic carboxylic acids is 1. The number of carbonyl (C=O) groups is 2. The quantitative estimate of drug-likeness (QED) is 0.419. The summed E-state index contributed by atoms with van der Waals surface area (Å²) >= 11 is 9.21. The molecule has 0 spiro atoms. The number of hydrogen-bond donors (Lipinski definition) is 4. The molecule has 0 bridgehead atoms. The van der Waals surface area contributed by atoms with Crippen LogP contribution in [0.15, 0.2) is 0 Å². The summed E-state index contributed by atoms with van der Waals surface area (Å²) in [6, 6.07) is 0. The largest absolute Gasteiger partial charge is 0.481 e. The third kappa shape index (κ3) is 12.0. The zero-order valence-corrected chi connectivity index (χ0v) is 12.4. The first-order valence-electron chi connectivity index (χ1n) is 5.75. The number of alkyl halides is 1. The number of amides is 1. The standard InChI is InChI=1S/C6H11ClO3.C5H11NOS/c1-4(6(9)10)5(8)2-3-7;1-2-5(7)6-3-4-8/h4-5,8H,2-3H2,1H3,(H,9,10);8H,2-4H2,1H3,(H,6,7)/t4-,5+;/m0./s1. The Morgan fingerprint density at radius 2 is 2.00 bits per heavy atom. The zero-order chi connectivity index (χ0) is 14.6. The molecule has 0 aliphatic rings. The van der Waals surface area contributed by atoms with Crippen LogP contribution in [0.1, 0.15) is 26.7 Å². The van der Waals surface area contributed by atoms with Crippen LogP contribution >= 0.6 is 24.2 Å². The predicted octanol–water partition coefficient (Wildman–Crippen LogP) is 1.14. The first kappa shape index (κ1) is 19.9. The first-order chi connectivity index (χ1) is 8.40. The molecule has 2 atom stereocenters. The first-order valence-corrected chi connectivity index (χ1v) is 6.91. The molecule has 3 N–H and O–H groups in total. The SMILES string of the molecule is CCC(=O)NCCS.C[C@H](C(=O)O)[C@H](O)CCCl. The zero-order valence-electron chi connectivity index (χ0n) is 10.7. The van der Waals surface area contributed by atoms with Crippen LogP contribution in [0.25, 0.3) is 0 Å². The number of nitrogens with one attached hydrogen (secondary N) is 1. The highest BCUT2D eigenvalue weighted by atomic mass is 35.5. The lowest BCUT2D eigenvalue weighted by Gasteiger charge is -2.12. The molecule has 108 valence electrons. The second-order valence-electron chi connectivity index (χ2n) is 3.60. The number of thiol groups is 1. The Morgan fingerprint density at radius 1 is 1.44 bits per heavy atom. The van der Waals surface area contributed by atoms with Crippen molar-refractivity contribution in [2.75, 3.05) is 18.2 Å². The minimum Gasteiger partial charge on any atom is -0.481 e. The number of carboxylic acid groups (broad SMARTS) is 1. The predicted molar refractivity (Wildman–Crippen MR) is 75.3 cm³/mol. The Hall–Kier alpha value is -0.460. The van der Waals surface area contributed by atoms with Gasteiger partial charge in [0.25, 0.3) is 0 Å². The van der Waals surface area contributed by atoms with Crippen LogP contribution in [0.5, 0.6) is 0 Å². The van der Waals surface area contributed by atoms with Crippen LogP contribution in [0, 0.1) is 5.92 Å². The van der Waals surface area contributed by atoms with Crippen LogP contribution in [0.3, 0.4) is 0 Å². The van der Waals surface area contributed by atoms with E-state index in [0.717, 1.165) is 0 Å². The molecule has 0 saturated carbocycles. The van der Waals surface area contributed by atoms with E-state index in [4.69, 9.17) is 21.8 Å². The van der Waals surface area contributed by atoms with Gasteiger partial charge < -0.3 is 15.5 Å². The van der Waals surface area contributed by atoms with E-state index in [1.807, 2.05) is 6.92 Å². The summed E-state index contributed by atoms with van der Waals surface area (Å²) in [4.78, 5) is 20.6. The molecule has 7 heteroatoms. The molecule has 0 heterocycles. The molecule has 0 saturated heterocycles. The van der Waals surface area contributed by atoms with Crippen molar-refractivity contribution in [1.82, 2.24) is 5.32 Å². The van der Waals surface area contributed by atoms with Gasteiger partial charge in [-0.15, -0.1) is 11.6 Å². The lowest BCUT2D eigenvalue weighted by Crippen LogP contribution is -2.25. The average molecular weight is 300 g/mol. The summed E-state index contributed by atoms with van der Waals surface area (Å²) in [6.07, 6.45) is 0.0676. The van der Waals surface area contributed by atoms with E-state index < -0.39 is 18.0 Å². The topological polar surface area (TPSA) is 86.6 Å². The fraction of sp³-hybridized carbons (Fsp3) is 0.818. The van der Waals surface area contributed by atoms with Gasteiger partial charge >= 0.3 is 5.97 Å². The number of halogens is 1. The number of rotatable bonds is 7. The van der Waals surface area contributed by atoms with E-state index >= 15 is 0 Å². The molecule has 18 heavy (non-hydrogen) atoms. The monoisotopic (exact) mass is 299 g/mol. The second-order valence-corrected chi connectivity index (χ2v) is 4.42. The molecule has 5 nitrogen and oxygen atoms in total. The summed E-state index contributed by atoms with van der Waals surface area (Å²) in [7, 11) is 0. The molecule has 0 aliphatic carbocycles. The molecule has 0 aromatic rings. The number of aliphatic hydroxyl groups is 1. The molecular formula is C11H22ClNO4S. The van der Waals surface area contributed by atoms with Gasteiger partial charge in [-0.1, -0.05) is 6.92 Å². The summed E-state index contributed by atoms with van der Waals surface area (Å²) in [6.45, 7) is 3.96. The van der Waals surface area contributed by atoms with Gasteiger partial charge in [0.15, 0.2) is 0 Å². The molecule has 0 unspecified atom stereocenters. The molecule has 0 aromatic heterocycles. The van der Waals surface area contributed by atoms with Crippen molar-refractivity contribution in [1.29, 1.82) is 0 Å².